The van der Waals surface area contributed by atoms with E-state index in [-0.39, 0.29) is 11.5 Å². The number of rotatable bonds is 6. The first-order chi connectivity index (χ1) is 18.0. The molecule has 2 fully saturated rings. The number of pyridine rings is 4. The van der Waals surface area contributed by atoms with Gasteiger partial charge in [0.2, 0.25) is 5.88 Å². The minimum absolute atomic E-state index is 0.0802. The fourth-order valence-electron chi connectivity index (χ4n) is 6.20. The quantitative estimate of drug-likeness (QED) is 0.320. The number of hydrogen-bond donors (Lipinski definition) is 0. The molecule has 0 N–H and O–H groups in total. The summed E-state index contributed by atoms with van der Waals surface area (Å²) in [6.45, 7) is 4.58. The van der Waals surface area contributed by atoms with E-state index in [2.05, 4.69) is 36.2 Å². The highest BCUT2D eigenvalue weighted by Crippen LogP contribution is 2.44. The molecule has 0 aliphatic heterocycles. The number of hydrogen-bond acceptors (Lipinski definition) is 5. The molecule has 2 saturated carbocycles. The molecule has 4 aromatic rings. The zero-order valence-corrected chi connectivity index (χ0v) is 21.9. The van der Waals surface area contributed by atoms with Crippen molar-refractivity contribution < 1.29 is 4.74 Å². The lowest BCUT2D eigenvalue weighted by atomic mass is 9.75. The lowest BCUT2D eigenvalue weighted by molar-refractivity contribution is 0.358. The van der Waals surface area contributed by atoms with Gasteiger partial charge in [-0.25, -0.2) is 9.97 Å². The van der Waals surface area contributed by atoms with Gasteiger partial charge in [-0.15, -0.1) is 0 Å². The molecule has 0 amide bonds. The number of methoxy groups -OCH3 is 1. The summed E-state index contributed by atoms with van der Waals surface area (Å²) in [5.74, 6) is 1.95. The van der Waals surface area contributed by atoms with E-state index >= 15 is 0 Å². The van der Waals surface area contributed by atoms with E-state index in [1.54, 1.807) is 7.11 Å². The van der Waals surface area contributed by atoms with Gasteiger partial charge in [-0.3, -0.25) is 14.3 Å². The van der Waals surface area contributed by atoms with Crippen LogP contribution in [0.4, 0.5) is 0 Å². The van der Waals surface area contributed by atoms with Crippen LogP contribution in [-0.2, 0) is 6.54 Å². The summed E-state index contributed by atoms with van der Waals surface area (Å²) >= 11 is 0. The van der Waals surface area contributed by atoms with Gasteiger partial charge < -0.3 is 4.74 Å². The van der Waals surface area contributed by atoms with E-state index in [4.69, 9.17) is 14.7 Å². The molecule has 37 heavy (non-hydrogen) atoms. The van der Waals surface area contributed by atoms with E-state index in [1.165, 1.54) is 29.5 Å². The van der Waals surface area contributed by atoms with Gasteiger partial charge in [0.05, 0.1) is 19.3 Å². The number of fused-ring (bicyclic) bond motifs is 1. The van der Waals surface area contributed by atoms with Crippen LogP contribution in [0.3, 0.4) is 0 Å². The molecule has 190 valence electrons. The van der Waals surface area contributed by atoms with Crippen molar-refractivity contribution in [2.45, 2.75) is 76.7 Å². The lowest BCUT2D eigenvalue weighted by Gasteiger charge is -2.30. The van der Waals surface area contributed by atoms with Crippen molar-refractivity contribution in [2.75, 3.05) is 7.11 Å². The fraction of sp³-hybridized carbons (Fsp3) is 0.419. The van der Waals surface area contributed by atoms with Crippen molar-refractivity contribution in [1.82, 2.24) is 19.5 Å². The van der Waals surface area contributed by atoms with Gasteiger partial charge >= 0.3 is 0 Å². The molecule has 6 rings (SSSR count). The van der Waals surface area contributed by atoms with E-state index in [0.29, 0.717) is 18.4 Å². The topological polar surface area (TPSA) is 69.9 Å². The molecule has 6 nitrogen and oxygen atoms in total. The Labute approximate surface area is 217 Å². The van der Waals surface area contributed by atoms with Crippen LogP contribution in [0.15, 0.2) is 53.6 Å². The molecular formula is C31H34N4O2. The first kappa shape index (κ1) is 23.8. The molecule has 0 spiro atoms. The second kappa shape index (κ2) is 9.73. The SMILES string of the molecule is COc1nccc(C)c1[C@H]1CC[C@H](c2cc3ccc(C)nc3n(Cc3ncccc3C3CC3)c2=O)CC1. The van der Waals surface area contributed by atoms with Crippen molar-refractivity contribution in [3.8, 4) is 5.88 Å². The maximum Gasteiger partial charge on any atom is 0.256 e. The minimum Gasteiger partial charge on any atom is -0.481 e. The third kappa shape index (κ3) is 4.54. The van der Waals surface area contributed by atoms with Crippen LogP contribution in [0, 0.1) is 13.8 Å². The Kier molecular flexibility index (Phi) is 6.27. The Hall–Kier alpha value is -3.54. The van der Waals surface area contributed by atoms with Crippen LogP contribution in [0.2, 0.25) is 0 Å². The Morgan fingerprint density at radius 1 is 0.892 bits per heavy atom. The van der Waals surface area contributed by atoms with Crippen LogP contribution in [0.1, 0.15) is 89.9 Å². The second-order valence-corrected chi connectivity index (χ2v) is 10.8. The minimum atomic E-state index is 0.0802. The molecule has 0 saturated heterocycles. The summed E-state index contributed by atoms with van der Waals surface area (Å²) in [7, 11) is 1.69. The predicted molar refractivity (Wildman–Crippen MR) is 146 cm³/mol. The standard InChI is InChI=1S/C31H34N4O2/c1-19-14-16-33-30(37-3)28(19)23-12-10-22(11-13-23)26-17-24-7-6-20(2)34-29(24)35(31(26)36)18-27-25(21-8-9-21)5-4-15-32-27/h4-7,14-17,21-23H,8-13,18H2,1-3H3/t22-,23-. The first-order valence-corrected chi connectivity index (χ1v) is 13.5. The van der Waals surface area contributed by atoms with Gasteiger partial charge in [-0.1, -0.05) is 6.07 Å². The zero-order valence-electron chi connectivity index (χ0n) is 21.9. The average molecular weight is 495 g/mol. The first-order valence-electron chi connectivity index (χ1n) is 13.5. The molecule has 0 aromatic carbocycles. The molecule has 0 radical (unpaired) electrons. The maximum absolute atomic E-state index is 14.1. The normalized spacial score (nSPS) is 19.8. The van der Waals surface area contributed by atoms with Crippen LogP contribution in [0.5, 0.6) is 5.88 Å². The van der Waals surface area contributed by atoms with Gasteiger partial charge in [0.15, 0.2) is 0 Å². The Balaban J connectivity index is 1.35. The van der Waals surface area contributed by atoms with Crippen molar-refractivity contribution >= 4 is 11.0 Å². The maximum atomic E-state index is 14.1. The van der Waals surface area contributed by atoms with Gasteiger partial charge in [0.1, 0.15) is 5.65 Å². The van der Waals surface area contributed by atoms with Gasteiger partial charge in [0, 0.05) is 34.6 Å². The Bertz CT molecular complexity index is 1510. The molecule has 2 aliphatic rings. The summed E-state index contributed by atoms with van der Waals surface area (Å²) in [4.78, 5) is 28.0. The monoisotopic (exact) mass is 494 g/mol. The summed E-state index contributed by atoms with van der Waals surface area (Å²) in [6.07, 6.45) is 10.0. The third-order valence-corrected chi connectivity index (χ3v) is 8.29. The zero-order chi connectivity index (χ0) is 25.5. The van der Waals surface area contributed by atoms with Crippen LogP contribution in [-0.4, -0.2) is 26.6 Å². The largest absolute Gasteiger partial charge is 0.481 e. The summed E-state index contributed by atoms with van der Waals surface area (Å²) < 4.78 is 7.47. The van der Waals surface area contributed by atoms with Gasteiger partial charge in [-0.05, 0) is 112 Å². The van der Waals surface area contributed by atoms with Crippen LogP contribution in [0.25, 0.3) is 11.0 Å². The van der Waals surface area contributed by atoms with Crippen molar-refractivity contribution in [3.63, 3.8) is 0 Å². The highest BCUT2D eigenvalue weighted by molar-refractivity contribution is 5.76. The number of nitrogens with zero attached hydrogens (tertiary/aromatic N) is 4. The second-order valence-electron chi connectivity index (χ2n) is 10.8. The number of aryl methyl sites for hydroxylation is 2. The van der Waals surface area contributed by atoms with Gasteiger partial charge in [-0.2, -0.15) is 0 Å². The van der Waals surface area contributed by atoms with E-state index in [9.17, 15) is 4.79 Å². The summed E-state index contributed by atoms with van der Waals surface area (Å²) in [6, 6.07) is 12.5. The molecule has 0 unspecified atom stereocenters. The fourth-order valence-corrected chi connectivity index (χ4v) is 6.20. The molecule has 6 heteroatoms. The van der Waals surface area contributed by atoms with Crippen molar-refractivity contribution in [1.29, 1.82) is 0 Å². The van der Waals surface area contributed by atoms with Crippen molar-refractivity contribution in [2.24, 2.45) is 0 Å². The van der Waals surface area contributed by atoms with Crippen LogP contribution >= 0.6 is 0 Å². The molecular weight excluding hydrogens is 460 g/mol. The third-order valence-electron chi connectivity index (χ3n) is 8.29. The Morgan fingerprint density at radius 2 is 1.62 bits per heavy atom. The smallest absolute Gasteiger partial charge is 0.256 e. The number of ether oxygens (including phenoxy) is 1. The molecule has 2 aliphatic carbocycles. The van der Waals surface area contributed by atoms with Crippen LogP contribution < -0.4 is 10.3 Å². The predicted octanol–water partition coefficient (Wildman–Crippen LogP) is 6.18. The average Bonchev–Trinajstić information content (AvgIpc) is 3.76. The van der Waals surface area contributed by atoms with Gasteiger partial charge in [0.25, 0.3) is 5.56 Å². The molecule has 0 atom stereocenters. The van der Waals surface area contributed by atoms with Crippen molar-refractivity contribution in [3.05, 3.63) is 92.8 Å². The highest BCUT2D eigenvalue weighted by Gasteiger charge is 2.30. The number of aromatic nitrogens is 4. The molecule has 0 bridgehead atoms. The lowest BCUT2D eigenvalue weighted by Crippen LogP contribution is -2.29. The van der Waals surface area contributed by atoms with E-state index < -0.39 is 0 Å². The summed E-state index contributed by atoms with van der Waals surface area (Å²) in [5, 5.41) is 1.02. The molecule has 4 aromatic heterocycles. The molecule has 4 heterocycles. The van der Waals surface area contributed by atoms with E-state index in [1.807, 2.05) is 36.0 Å². The van der Waals surface area contributed by atoms with E-state index in [0.717, 1.165) is 59.5 Å². The Morgan fingerprint density at radius 3 is 2.38 bits per heavy atom. The summed E-state index contributed by atoms with van der Waals surface area (Å²) in [5.41, 5.74) is 7.39. The highest BCUT2D eigenvalue weighted by atomic mass is 16.5.